The summed E-state index contributed by atoms with van der Waals surface area (Å²) in [5, 5.41) is 3.70. The molecule has 0 spiro atoms. The van der Waals surface area contributed by atoms with Crippen LogP contribution in [0.25, 0.3) is 0 Å². The molecule has 1 aliphatic rings. The molecule has 0 saturated carbocycles. The number of aromatic nitrogens is 3. The van der Waals surface area contributed by atoms with E-state index in [0.717, 1.165) is 29.6 Å². The molecule has 1 atom stereocenters. The van der Waals surface area contributed by atoms with Crippen molar-refractivity contribution in [2.75, 3.05) is 18.5 Å². The summed E-state index contributed by atoms with van der Waals surface area (Å²) in [6.07, 6.45) is 3.43. The van der Waals surface area contributed by atoms with Gasteiger partial charge in [0.05, 0.1) is 6.04 Å². The van der Waals surface area contributed by atoms with Gasteiger partial charge < -0.3 is 14.8 Å². The molecule has 1 saturated heterocycles. The lowest BCUT2D eigenvalue weighted by atomic mass is 10.00. The first-order chi connectivity index (χ1) is 11.5. The number of carbonyl (C=O) groups is 1. The minimum Gasteiger partial charge on any atom is -0.354 e. The largest absolute Gasteiger partial charge is 0.354 e. The third kappa shape index (κ3) is 3.05. The topological polar surface area (TPSA) is 63.1 Å². The Labute approximate surface area is 147 Å². The summed E-state index contributed by atoms with van der Waals surface area (Å²) >= 11 is 1.48. The molecule has 1 N–H and O–H groups in total. The first-order valence-electron chi connectivity index (χ1n) is 8.51. The maximum Gasteiger partial charge on any atom is 0.267 e. The van der Waals surface area contributed by atoms with Crippen molar-refractivity contribution in [2.24, 2.45) is 7.05 Å². The lowest BCUT2D eigenvalue weighted by molar-refractivity contribution is 0.0954. The van der Waals surface area contributed by atoms with Gasteiger partial charge in [0.25, 0.3) is 5.91 Å². The van der Waals surface area contributed by atoms with Crippen molar-refractivity contribution in [2.45, 2.75) is 45.1 Å². The van der Waals surface area contributed by atoms with Gasteiger partial charge in [0, 0.05) is 43.8 Å². The summed E-state index contributed by atoms with van der Waals surface area (Å²) in [5.41, 5.74) is 1.85. The zero-order valence-electron chi connectivity index (χ0n) is 14.7. The van der Waals surface area contributed by atoms with Crippen molar-refractivity contribution in [1.82, 2.24) is 19.2 Å². The standard InChI is InChI=1S/C17H25N5OS/c1-11(2)15-19-17(24-20-15)22-10-6-5-7-13(22)12-8-9-14(21(12)4)16(23)18-3/h8-9,11,13H,5-7,10H2,1-4H3,(H,18,23)/t13-/m1/s1. The Morgan fingerprint density at radius 2 is 2.17 bits per heavy atom. The molecule has 7 heteroatoms. The molecule has 0 unspecified atom stereocenters. The number of amides is 1. The Hall–Kier alpha value is -1.89. The second-order valence-corrected chi connectivity index (χ2v) is 7.31. The lowest BCUT2D eigenvalue weighted by Gasteiger charge is -2.35. The van der Waals surface area contributed by atoms with Crippen molar-refractivity contribution in [3.63, 3.8) is 0 Å². The third-order valence-electron chi connectivity index (χ3n) is 4.66. The van der Waals surface area contributed by atoms with Gasteiger partial charge in [0.15, 0.2) is 0 Å². The van der Waals surface area contributed by atoms with Gasteiger partial charge >= 0.3 is 0 Å². The molecule has 24 heavy (non-hydrogen) atoms. The molecule has 6 nitrogen and oxygen atoms in total. The summed E-state index contributed by atoms with van der Waals surface area (Å²) < 4.78 is 6.51. The highest BCUT2D eigenvalue weighted by Crippen LogP contribution is 2.36. The van der Waals surface area contributed by atoms with E-state index in [9.17, 15) is 4.79 Å². The Kier molecular flexibility index (Phi) is 4.89. The molecule has 0 aliphatic carbocycles. The number of nitrogens with one attached hydrogen (secondary N) is 1. The van der Waals surface area contributed by atoms with Crippen molar-refractivity contribution in [3.05, 3.63) is 29.3 Å². The van der Waals surface area contributed by atoms with Crippen LogP contribution in [0, 0.1) is 0 Å². The van der Waals surface area contributed by atoms with E-state index in [-0.39, 0.29) is 11.9 Å². The number of hydrogen-bond donors (Lipinski definition) is 1. The number of hydrogen-bond acceptors (Lipinski definition) is 5. The highest BCUT2D eigenvalue weighted by atomic mass is 32.1. The van der Waals surface area contributed by atoms with Crippen LogP contribution in [0.2, 0.25) is 0 Å². The van der Waals surface area contributed by atoms with Crippen LogP contribution >= 0.6 is 11.5 Å². The second kappa shape index (κ2) is 6.93. The average molecular weight is 347 g/mol. The fraction of sp³-hybridized carbons (Fsp3) is 0.588. The van der Waals surface area contributed by atoms with E-state index in [0.29, 0.717) is 11.6 Å². The van der Waals surface area contributed by atoms with Gasteiger partial charge in [-0.1, -0.05) is 13.8 Å². The zero-order valence-corrected chi connectivity index (χ0v) is 15.6. The summed E-state index contributed by atoms with van der Waals surface area (Å²) in [5.74, 6) is 1.20. The van der Waals surface area contributed by atoms with E-state index < -0.39 is 0 Å². The average Bonchev–Trinajstić information content (AvgIpc) is 3.21. The molecule has 2 aromatic rings. The van der Waals surface area contributed by atoms with Crippen LogP contribution in [0.1, 0.15) is 67.1 Å². The quantitative estimate of drug-likeness (QED) is 0.923. The highest BCUT2D eigenvalue weighted by molar-refractivity contribution is 7.09. The molecule has 0 aromatic carbocycles. The maximum atomic E-state index is 12.0. The van der Waals surface area contributed by atoms with E-state index in [1.165, 1.54) is 24.4 Å². The van der Waals surface area contributed by atoms with Crippen molar-refractivity contribution >= 4 is 22.6 Å². The van der Waals surface area contributed by atoms with E-state index in [4.69, 9.17) is 4.98 Å². The summed E-state index contributed by atoms with van der Waals surface area (Å²) in [4.78, 5) is 19.1. The zero-order chi connectivity index (χ0) is 17.3. The fourth-order valence-electron chi connectivity index (χ4n) is 3.26. The molecule has 0 bridgehead atoms. The number of anilines is 1. The van der Waals surface area contributed by atoms with Crippen LogP contribution in [0.5, 0.6) is 0 Å². The van der Waals surface area contributed by atoms with Gasteiger partial charge in [-0.05, 0) is 31.4 Å². The van der Waals surface area contributed by atoms with Gasteiger partial charge in [-0.25, -0.2) is 4.98 Å². The van der Waals surface area contributed by atoms with Crippen molar-refractivity contribution < 1.29 is 4.79 Å². The fourth-order valence-corrected chi connectivity index (χ4v) is 4.15. The molecular weight excluding hydrogens is 322 g/mol. The van der Waals surface area contributed by atoms with Crippen LogP contribution in [0.4, 0.5) is 5.13 Å². The van der Waals surface area contributed by atoms with E-state index in [2.05, 4.69) is 34.5 Å². The number of piperidine rings is 1. The van der Waals surface area contributed by atoms with Crippen LogP contribution in [0.3, 0.4) is 0 Å². The molecule has 3 rings (SSSR count). The second-order valence-electron chi connectivity index (χ2n) is 6.58. The molecule has 130 valence electrons. The van der Waals surface area contributed by atoms with Gasteiger partial charge in [-0.2, -0.15) is 4.37 Å². The van der Waals surface area contributed by atoms with Crippen LogP contribution in [-0.2, 0) is 7.05 Å². The predicted octanol–water partition coefficient (Wildman–Crippen LogP) is 3.09. The highest BCUT2D eigenvalue weighted by Gasteiger charge is 2.29. The monoisotopic (exact) mass is 347 g/mol. The Balaban J connectivity index is 1.92. The van der Waals surface area contributed by atoms with E-state index in [1.54, 1.807) is 7.05 Å². The first-order valence-corrected chi connectivity index (χ1v) is 9.28. The molecule has 3 heterocycles. The van der Waals surface area contributed by atoms with Gasteiger partial charge in [0.1, 0.15) is 11.5 Å². The number of carbonyl (C=O) groups excluding carboxylic acids is 1. The third-order valence-corrected chi connectivity index (χ3v) is 5.43. The smallest absolute Gasteiger partial charge is 0.267 e. The Bertz CT molecular complexity index is 720. The maximum absolute atomic E-state index is 12.0. The van der Waals surface area contributed by atoms with Gasteiger partial charge in [-0.3, -0.25) is 4.79 Å². The first kappa shape index (κ1) is 17.0. The molecule has 1 amide bonds. The van der Waals surface area contributed by atoms with E-state index in [1.807, 2.05) is 17.7 Å². The van der Waals surface area contributed by atoms with Crippen LogP contribution in [-0.4, -0.2) is 33.4 Å². The van der Waals surface area contributed by atoms with Crippen molar-refractivity contribution in [3.8, 4) is 0 Å². The Morgan fingerprint density at radius 3 is 2.83 bits per heavy atom. The van der Waals surface area contributed by atoms with Crippen LogP contribution < -0.4 is 10.2 Å². The van der Waals surface area contributed by atoms with Crippen LogP contribution in [0.15, 0.2) is 12.1 Å². The molecule has 0 radical (unpaired) electrons. The number of nitrogens with zero attached hydrogens (tertiary/aromatic N) is 4. The minimum absolute atomic E-state index is 0.0517. The lowest BCUT2D eigenvalue weighted by Crippen LogP contribution is -2.34. The molecule has 1 fully saturated rings. The summed E-state index contributed by atoms with van der Waals surface area (Å²) in [6.45, 7) is 5.22. The molecule has 1 aliphatic heterocycles. The summed E-state index contributed by atoms with van der Waals surface area (Å²) in [6, 6.07) is 4.22. The normalized spacial score (nSPS) is 18.2. The van der Waals surface area contributed by atoms with Gasteiger partial charge in [0.2, 0.25) is 5.13 Å². The Morgan fingerprint density at radius 1 is 1.38 bits per heavy atom. The van der Waals surface area contributed by atoms with Gasteiger partial charge in [-0.15, -0.1) is 0 Å². The predicted molar refractivity (Wildman–Crippen MR) is 96.7 cm³/mol. The van der Waals surface area contributed by atoms with Crippen molar-refractivity contribution in [1.29, 1.82) is 0 Å². The number of rotatable bonds is 4. The minimum atomic E-state index is -0.0517. The SMILES string of the molecule is CNC(=O)c1ccc([C@H]2CCCCN2c2nc(C(C)C)ns2)n1C. The molecular formula is C17H25N5OS. The summed E-state index contributed by atoms with van der Waals surface area (Å²) in [7, 11) is 3.63. The molecule has 2 aromatic heterocycles. The van der Waals surface area contributed by atoms with E-state index >= 15 is 0 Å².